The molecule has 0 fully saturated rings. The lowest BCUT2D eigenvalue weighted by molar-refractivity contribution is 0.309. The van der Waals surface area contributed by atoms with E-state index in [4.69, 9.17) is 28.2 Å². The summed E-state index contributed by atoms with van der Waals surface area (Å²) in [6, 6.07) is 9.70. The number of nitrogens with zero attached hydrogens (tertiary/aromatic N) is 3. The van der Waals surface area contributed by atoms with E-state index in [1.54, 1.807) is 0 Å². The molecular formula is C17H15Cl2N3S. The molecule has 3 rings (SSSR count). The molecule has 1 aliphatic rings. The van der Waals surface area contributed by atoms with Gasteiger partial charge in [-0.25, -0.2) is 4.98 Å². The minimum atomic E-state index is 0.596. The van der Waals surface area contributed by atoms with Gasteiger partial charge in [0.05, 0.1) is 5.56 Å². The Bertz CT molecular complexity index is 766. The third-order valence-electron chi connectivity index (χ3n) is 3.86. The van der Waals surface area contributed by atoms with Crippen molar-refractivity contribution in [3.05, 3.63) is 56.7 Å². The number of aromatic nitrogens is 1. The van der Waals surface area contributed by atoms with Crippen molar-refractivity contribution in [3.8, 4) is 6.07 Å². The summed E-state index contributed by atoms with van der Waals surface area (Å²) in [5.74, 6) is 0.596. The number of nitriles is 1. The lowest BCUT2D eigenvalue weighted by atomic mass is 10.0. The zero-order chi connectivity index (χ0) is 16.4. The van der Waals surface area contributed by atoms with Gasteiger partial charge in [0.25, 0.3) is 0 Å². The molecule has 0 bridgehead atoms. The van der Waals surface area contributed by atoms with Crippen LogP contribution in [0.4, 0.5) is 0 Å². The molecule has 0 N–H and O–H groups in total. The van der Waals surface area contributed by atoms with Gasteiger partial charge in [-0.1, -0.05) is 29.3 Å². The highest BCUT2D eigenvalue weighted by atomic mass is 35.5. The highest BCUT2D eigenvalue weighted by Crippen LogP contribution is 2.33. The molecule has 2 aromatic rings. The molecule has 0 saturated heterocycles. The van der Waals surface area contributed by atoms with E-state index >= 15 is 0 Å². The predicted octanol–water partition coefficient (Wildman–Crippen LogP) is 4.54. The van der Waals surface area contributed by atoms with Gasteiger partial charge in [0, 0.05) is 41.0 Å². The molecule has 0 aliphatic carbocycles. The number of thioether (sulfide) groups is 1. The van der Waals surface area contributed by atoms with E-state index < -0.39 is 0 Å². The summed E-state index contributed by atoms with van der Waals surface area (Å²) < 4.78 is 0. The molecule has 0 unspecified atom stereocenters. The molecule has 0 amide bonds. The third kappa shape index (κ3) is 3.64. The largest absolute Gasteiger partial charge is 0.302 e. The molecule has 1 aliphatic heterocycles. The lowest BCUT2D eigenvalue weighted by Gasteiger charge is -2.24. The highest BCUT2D eigenvalue weighted by Gasteiger charge is 2.18. The van der Waals surface area contributed by atoms with E-state index in [2.05, 4.69) is 18.0 Å². The zero-order valence-electron chi connectivity index (χ0n) is 12.6. The summed E-state index contributed by atoms with van der Waals surface area (Å²) in [6.45, 7) is 1.84. The molecule has 0 saturated carbocycles. The first-order valence-corrected chi connectivity index (χ1v) is 8.99. The van der Waals surface area contributed by atoms with Gasteiger partial charge >= 0.3 is 0 Å². The lowest BCUT2D eigenvalue weighted by Crippen LogP contribution is -2.27. The van der Waals surface area contributed by atoms with Crippen LogP contribution in [-0.2, 0) is 18.7 Å². The first-order chi connectivity index (χ1) is 11.1. The van der Waals surface area contributed by atoms with Crippen LogP contribution < -0.4 is 0 Å². The van der Waals surface area contributed by atoms with Crippen molar-refractivity contribution in [2.24, 2.45) is 0 Å². The molecule has 6 heteroatoms. The Morgan fingerprint density at radius 2 is 2.09 bits per heavy atom. The second-order valence-electron chi connectivity index (χ2n) is 5.54. The number of rotatable bonds is 3. The van der Waals surface area contributed by atoms with Gasteiger partial charge in [0.2, 0.25) is 0 Å². The molecule has 1 aromatic carbocycles. The Morgan fingerprint density at radius 3 is 2.78 bits per heavy atom. The van der Waals surface area contributed by atoms with Crippen LogP contribution in [0.25, 0.3) is 0 Å². The van der Waals surface area contributed by atoms with Crippen molar-refractivity contribution in [1.82, 2.24) is 9.88 Å². The van der Waals surface area contributed by atoms with Gasteiger partial charge in [-0.2, -0.15) is 5.26 Å². The van der Waals surface area contributed by atoms with Crippen molar-refractivity contribution in [1.29, 1.82) is 5.26 Å². The fourth-order valence-corrected chi connectivity index (χ4v) is 4.31. The molecule has 0 spiro atoms. The molecular weight excluding hydrogens is 349 g/mol. The molecule has 3 nitrogen and oxygen atoms in total. The Labute approximate surface area is 150 Å². The second kappa shape index (κ2) is 7.11. The van der Waals surface area contributed by atoms with Crippen molar-refractivity contribution >= 4 is 35.0 Å². The Kier molecular flexibility index (Phi) is 5.13. The van der Waals surface area contributed by atoms with Crippen molar-refractivity contribution in [2.75, 3.05) is 13.6 Å². The minimum absolute atomic E-state index is 0.596. The van der Waals surface area contributed by atoms with E-state index in [-0.39, 0.29) is 0 Å². The zero-order valence-corrected chi connectivity index (χ0v) is 15.0. The number of halogens is 2. The van der Waals surface area contributed by atoms with Gasteiger partial charge < -0.3 is 4.90 Å². The minimum Gasteiger partial charge on any atom is -0.302 e. The van der Waals surface area contributed by atoms with Crippen molar-refractivity contribution < 1.29 is 0 Å². The van der Waals surface area contributed by atoms with E-state index in [0.717, 1.165) is 41.4 Å². The van der Waals surface area contributed by atoms with Gasteiger partial charge in [0.1, 0.15) is 11.1 Å². The maximum atomic E-state index is 9.42. The van der Waals surface area contributed by atoms with Crippen LogP contribution in [0.3, 0.4) is 0 Å². The Balaban J connectivity index is 1.87. The number of benzene rings is 1. The smallest absolute Gasteiger partial charge is 0.114 e. The molecule has 0 atom stereocenters. The van der Waals surface area contributed by atoms with Crippen LogP contribution >= 0.6 is 35.0 Å². The van der Waals surface area contributed by atoms with Gasteiger partial charge in [-0.3, -0.25) is 0 Å². The van der Waals surface area contributed by atoms with E-state index in [1.807, 2.05) is 24.3 Å². The quantitative estimate of drug-likeness (QED) is 0.750. The second-order valence-corrected chi connectivity index (χ2v) is 7.31. The fourth-order valence-electron chi connectivity index (χ4n) is 2.59. The summed E-state index contributed by atoms with van der Waals surface area (Å²) in [4.78, 5) is 6.96. The van der Waals surface area contributed by atoms with Gasteiger partial charge in [-0.15, -0.1) is 11.8 Å². The van der Waals surface area contributed by atoms with Crippen molar-refractivity contribution in [3.63, 3.8) is 0 Å². The summed E-state index contributed by atoms with van der Waals surface area (Å²) in [5, 5.41) is 11.5. The summed E-state index contributed by atoms with van der Waals surface area (Å²) in [5.41, 5.74) is 3.74. The average Bonchev–Trinajstić information content (AvgIpc) is 2.53. The van der Waals surface area contributed by atoms with Crippen LogP contribution in [0.5, 0.6) is 0 Å². The van der Waals surface area contributed by atoms with Crippen LogP contribution in [0.1, 0.15) is 22.4 Å². The SMILES string of the molecule is CN1CCc2nc(SCc3c(Cl)cccc3Cl)c(C#N)cc2C1. The topological polar surface area (TPSA) is 39.9 Å². The number of hydrogen-bond donors (Lipinski definition) is 0. The fraction of sp³-hybridized carbons (Fsp3) is 0.294. The number of pyridine rings is 1. The average molecular weight is 364 g/mol. The predicted molar refractivity (Wildman–Crippen MR) is 95.0 cm³/mol. The Morgan fingerprint density at radius 1 is 1.35 bits per heavy atom. The number of hydrogen-bond acceptors (Lipinski definition) is 4. The molecule has 1 aromatic heterocycles. The first kappa shape index (κ1) is 16.6. The van der Waals surface area contributed by atoms with E-state index in [0.29, 0.717) is 21.4 Å². The van der Waals surface area contributed by atoms with E-state index in [1.165, 1.54) is 11.8 Å². The maximum Gasteiger partial charge on any atom is 0.114 e. The van der Waals surface area contributed by atoms with Crippen LogP contribution in [0.2, 0.25) is 10.0 Å². The first-order valence-electron chi connectivity index (χ1n) is 7.25. The summed E-state index contributed by atoms with van der Waals surface area (Å²) >= 11 is 13.9. The molecule has 23 heavy (non-hydrogen) atoms. The molecule has 0 radical (unpaired) electrons. The highest BCUT2D eigenvalue weighted by molar-refractivity contribution is 7.98. The normalized spacial score (nSPS) is 14.3. The van der Waals surface area contributed by atoms with Crippen LogP contribution in [0.15, 0.2) is 29.3 Å². The van der Waals surface area contributed by atoms with Gasteiger partial charge in [-0.05, 0) is 36.4 Å². The van der Waals surface area contributed by atoms with Crippen LogP contribution in [-0.4, -0.2) is 23.5 Å². The summed E-state index contributed by atoms with van der Waals surface area (Å²) in [6.07, 6.45) is 0.915. The standard InChI is InChI=1S/C17H15Cl2N3S/c1-22-6-5-16-12(9-22)7-11(8-20)17(21-16)23-10-13-14(18)3-2-4-15(13)19/h2-4,7H,5-6,9-10H2,1H3. The summed E-state index contributed by atoms with van der Waals surface area (Å²) in [7, 11) is 2.08. The monoisotopic (exact) mass is 363 g/mol. The van der Waals surface area contributed by atoms with Crippen LogP contribution in [0, 0.1) is 11.3 Å². The van der Waals surface area contributed by atoms with Gasteiger partial charge in [0.15, 0.2) is 0 Å². The third-order valence-corrected chi connectivity index (χ3v) is 5.59. The molecule has 2 heterocycles. The number of fused-ring (bicyclic) bond motifs is 1. The van der Waals surface area contributed by atoms with E-state index in [9.17, 15) is 5.26 Å². The maximum absolute atomic E-state index is 9.42. The van der Waals surface area contributed by atoms with Crippen molar-refractivity contribution in [2.45, 2.75) is 23.7 Å². The number of likely N-dealkylation sites (N-methyl/N-ethyl adjacent to an activating group) is 1. The Hall–Kier alpha value is -1.25. The molecule has 118 valence electrons.